The smallest absolute Gasteiger partial charge is 0.153 e. The average Bonchev–Trinajstić information content (AvgIpc) is 2.72. The van der Waals surface area contributed by atoms with E-state index in [1.54, 1.807) is 18.2 Å². The van der Waals surface area contributed by atoms with Crippen molar-refractivity contribution in [1.29, 1.82) is 0 Å². The maximum atomic E-state index is 14.4. The van der Waals surface area contributed by atoms with Gasteiger partial charge in [0, 0.05) is 5.56 Å². The number of hydrogen-bond donors (Lipinski definition) is 0. The predicted octanol–water partition coefficient (Wildman–Crippen LogP) is 7.83. The fourth-order valence-corrected chi connectivity index (χ4v) is 3.57. The molecule has 3 aromatic carbocycles. The molecule has 0 atom stereocenters. The van der Waals surface area contributed by atoms with Crippen molar-refractivity contribution in [3.05, 3.63) is 76.9 Å². The second-order valence-corrected chi connectivity index (χ2v) is 7.07. The largest absolute Gasteiger partial charge is 0.207 e. The number of aliphatic imine (C=N–C) groups is 1. The van der Waals surface area contributed by atoms with E-state index in [-0.39, 0.29) is 5.56 Å². The molecule has 0 N–H and O–H groups in total. The highest BCUT2D eigenvalue weighted by molar-refractivity contribution is 7.78. The van der Waals surface area contributed by atoms with E-state index in [9.17, 15) is 17.6 Å². The predicted molar refractivity (Wildman–Crippen MR) is 115 cm³/mol. The van der Waals surface area contributed by atoms with Crippen molar-refractivity contribution < 1.29 is 17.6 Å². The first-order valence-corrected chi connectivity index (χ1v) is 9.98. The number of halogens is 4. The first kappa shape index (κ1) is 21.9. The topological polar surface area (TPSA) is 12.4 Å². The maximum Gasteiger partial charge on any atom is 0.153 e. The molecule has 0 spiro atoms. The monoisotopic (exact) mass is 429 g/mol. The van der Waals surface area contributed by atoms with Gasteiger partial charge in [0.25, 0.3) is 0 Å². The zero-order valence-corrected chi connectivity index (χ0v) is 17.3. The Morgan fingerprint density at radius 3 is 1.93 bits per heavy atom. The summed E-state index contributed by atoms with van der Waals surface area (Å²) in [4.78, 5) is 3.42. The third kappa shape index (κ3) is 4.35. The first-order chi connectivity index (χ1) is 14.4. The Morgan fingerprint density at radius 2 is 1.40 bits per heavy atom. The van der Waals surface area contributed by atoms with Crippen LogP contribution in [0.25, 0.3) is 22.3 Å². The van der Waals surface area contributed by atoms with Crippen LogP contribution in [0.4, 0.5) is 23.2 Å². The van der Waals surface area contributed by atoms with E-state index in [2.05, 4.69) is 17.2 Å². The number of nitrogens with zero attached hydrogens (tertiary/aromatic N) is 1. The molecule has 0 aliphatic carbocycles. The summed E-state index contributed by atoms with van der Waals surface area (Å²) in [6.07, 6.45) is 1.53. The van der Waals surface area contributed by atoms with E-state index in [0.717, 1.165) is 5.56 Å². The third-order valence-corrected chi connectivity index (χ3v) is 5.04. The minimum atomic E-state index is -0.843. The third-order valence-electron chi connectivity index (χ3n) is 4.95. The zero-order valence-electron chi connectivity index (χ0n) is 16.5. The van der Waals surface area contributed by atoms with E-state index in [4.69, 9.17) is 0 Å². The van der Waals surface area contributed by atoms with E-state index < -0.39 is 29.0 Å². The van der Waals surface area contributed by atoms with Crippen LogP contribution < -0.4 is 0 Å². The second kappa shape index (κ2) is 9.33. The molecule has 0 fully saturated rings. The van der Waals surface area contributed by atoms with Crippen LogP contribution in [0.3, 0.4) is 0 Å². The molecule has 30 heavy (non-hydrogen) atoms. The van der Waals surface area contributed by atoms with Gasteiger partial charge in [-0.05, 0) is 77.1 Å². The average molecular weight is 429 g/mol. The van der Waals surface area contributed by atoms with E-state index in [1.165, 1.54) is 24.3 Å². The fourth-order valence-electron chi connectivity index (χ4n) is 3.48. The van der Waals surface area contributed by atoms with Gasteiger partial charge in [0.1, 0.15) is 17.3 Å². The Hall–Kier alpha value is -2.82. The molecule has 0 amide bonds. The van der Waals surface area contributed by atoms with Crippen molar-refractivity contribution in [1.82, 2.24) is 0 Å². The number of benzene rings is 3. The lowest BCUT2D eigenvalue weighted by atomic mass is 9.92. The molecule has 0 saturated heterocycles. The standard InChI is InChI=1S/C24H19F4NS/c1-3-5-19-20(25)9-16(10-21(19)26)15-6-7-18(14(4-2)8-15)17-11-22(27)24(29-13-30)23(28)12-17/h6-12H,3-5H2,1-2H3. The molecule has 0 aromatic heterocycles. The van der Waals surface area contributed by atoms with Crippen LogP contribution in [0.2, 0.25) is 0 Å². The highest BCUT2D eigenvalue weighted by Gasteiger charge is 2.15. The van der Waals surface area contributed by atoms with Crippen LogP contribution in [0.15, 0.2) is 47.5 Å². The molecule has 0 radical (unpaired) electrons. The van der Waals surface area contributed by atoms with Crippen molar-refractivity contribution >= 4 is 23.1 Å². The summed E-state index contributed by atoms with van der Waals surface area (Å²) in [5.41, 5.74) is 2.39. The molecule has 6 heteroatoms. The van der Waals surface area contributed by atoms with Gasteiger partial charge in [0.05, 0.1) is 5.16 Å². The molecule has 3 rings (SSSR count). The Balaban J connectivity index is 2.08. The van der Waals surface area contributed by atoms with Gasteiger partial charge in [-0.3, -0.25) is 0 Å². The van der Waals surface area contributed by atoms with Gasteiger partial charge in [0.2, 0.25) is 0 Å². The fraction of sp³-hybridized carbons (Fsp3) is 0.208. The first-order valence-electron chi connectivity index (χ1n) is 9.58. The van der Waals surface area contributed by atoms with Gasteiger partial charge in [-0.1, -0.05) is 38.5 Å². The van der Waals surface area contributed by atoms with Gasteiger partial charge in [0.15, 0.2) is 11.6 Å². The summed E-state index contributed by atoms with van der Waals surface area (Å²) in [5.74, 6) is -2.84. The molecule has 0 bridgehead atoms. The number of rotatable bonds is 6. The van der Waals surface area contributed by atoms with Gasteiger partial charge >= 0.3 is 0 Å². The molecule has 3 aromatic rings. The number of isothiocyanates is 1. The number of aryl methyl sites for hydroxylation is 1. The normalized spacial score (nSPS) is 10.7. The summed E-state index contributed by atoms with van der Waals surface area (Å²) in [7, 11) is 0. The second-order valence-electron chi connectivity index (χ2n) is 6.89. The van der Waals surface area contributed by atoms with Crippen LogP contribution in [0.1, 0.15) is 31.4 Å². The zero-order chi connectivity index (χ0) is 21.8. The number of thiocarbonyl (C=S) groups is 1. The van der Waals surface area contributed by atoms with Crippen molar-refractivity contribution in [3.8, 4) is 22.3 Å². The summed E-state index contributed by atoms with van der Waals surface area (Å²) >= 11 is 4.42. The van der Waals surface area contributed by atoms with E-state index in [1.807, 2.05) is 19.0 Å². The summed E-state index contributed by atoms with van der Waals surface area (Å²) in [6, 6.07) is 10.2. The van der Waals surface area contributed by atoms with Gasteiger partial charge in [-0.15, -0.1) is 0 Å². The van der Waals surface area contributed by atoms with Crippen LogP contribution in [0.5, 0.6) is 0 Å². The van der Waals surface area contributed by atoms with Crippen LogP contribution >= 0.6 is 12.2 Å². The summed E-state index contributed by atoms with van der Waals surface area (Å²) in [5, 5.41) is 1.96. The Morgan fingerprint density at radius 1 is 0.800 bits per heavy atom. The Kier molecular flexibility index (Phi) is 6.80. The molecular formula is C24H19F4NS. The molecule has 0 unspecified atom stereocenters. The van der Waals surface area contributed by atoms with Crippen molar-refractivity contribution in [2.75, 3.05) is 0 Å². The van der Waals surface area contributed by atoms with Crippen molar-refractivity contribution in [2.45, 2.75) is 33.1 Å². The maximum absolute atomic E-state index is 14.4. The highest BCUT2D eigenvalue weighted by atomic mass is 32.1. The van der Waals surface area contributed by atoms with Crippen LogP contribution in [-0.2, 0) is 12.8 Å². The Labute approximate surface area is 178 Å². The summed E-state index contributed by atoms with van der Waals surface area (Å²) in [6.45, 7) is 3.75. The molecular weight excluding hydrogens is 410 g/mol. The van der Waals surface area contributed by atoms with Crippen LogP contribution in [0, 0.1) is 23.3 Å². The molecule has 0 saturated carbocycles. The van der Waals surface area contributed by atoms with Gasteiger partial charge in [-0.25, -0.2) is 17.6 Å². The van der Waals surface area contributed by atoms with Gasteiger partial charge < -0.3 is 0 Å². The van der Waals surface area contributed by atoms with E-state index in [0.29, 0.717) is 41.5 Å². The van der Waals surface area contributed by atoms with Gasteiger partial charge in [-0.2, -0.15) is 4.99 Å². The lowest BCUT2D eigenvalue weighted by Crippen LogP contribution is -1.97. The SMILES string of the molecule is CCCc1c(F)cc(-c2ccc(-c3cc(F)c(N=C=S)c(F)c3)c(CC)c2)cc1F. The lowest BCUT2D eigenvalue weighted by molar-refractivity contribution is 0.554. The quantitative estimate of drug-likeness (QED) is 0.221. The number of hydrogen-bond acceptors (Lipinski definition) is 2. The van der Waals surface area contributed by atoms with Crippen molar-refractivity contribution in [3.63, 3.8) is 0 Å². The van der Waals surface area contributed by atoms with Crippen LogP contribution in [-0.4, -0.2) is 5.16 Å². The molecule has 1 nitrogen and oxygen atoms in total. The van der Waals surface area contributed by atoms with Crippen molar-refractivity contribution in [2.24, 2.45) is 4.99 Å². The lowest BCUT2D eigenvalue weighted by Gasteiger charge is -2.13. The summed E-state index contributed by atoms with van der Waals surface area (Å²) < 4.78 is 57.2. The molecule has 154 valence electrons. The minimum absolute atomic E-state index is 0.0820. The Bertz CT molecular complexity index is 1100. The van der Waals surface area contributed by atoms with E-state index >= 15 is 0 Å². The molecule has 0 aliphatic rings. The highest BCUT2D eigenvalue weighted by Crippen LogP contribution is 2.34. The minimum Gasteiger partial charge on any atom is -0.207 e. The molecule has 0 aliphatic heterocycles. The molecule has 0 heterocycles.